The first-order chi connectivity index (χ1) is 13.6. The molecule has 2 nitrogen and oxygen atoms in total. The van der Waals surface area contributed by atoms with Gasteiger partial charge in [0.15, 0.2) is 5.16 Å². The molecule has 4 aromatic rings. The summed E-state index contributed by atoms with van der Waals surface area (Å²) in [5.41, 5.74) is 4.05. The normalized spacial score (nSPS) is 11.0. The van der Waals surface area contributed by atoms with Gasteiger partial charge < -0.3 is 0 Å². The van der Waals surface area contributed by atoms with Crippen LogP contribution < -0.4 is 0 Å². The molecule has 0 aliphatic heterocycles. The topological polar surface area (TPSA) is 17.8 Å². The largest absolute Gasteiger partial charge is 0.287 e. The zero-order valence-electron chi connectivity index (χ0n) is 14.6. The van der Waals surface area contributed by atoms with Crippen molar-refractivity contribution in [2.75, 3.05) is 0 Å². The lowest BCUT2D eigenvalue weighted by molar-refractivity contribution is 0.900. The van der Waals surface area contributed by atoms with Crippen molar-refractivity contribution in [2.45, 2.75) is 10.9 Å². The highest BCUT2D eigenvalue weighted by molar-refractivity contribution is 7.98. The minimum Gasteiger partial charge on any atom is -0.287 e. The number of hydrogen-bond donors (Lipinski definition) is 0. The Morgan fingerprint density at radius 1 is 0.821 bits per heavy atom. The van der Waals surface area contributed by atoms with Crippen LogP contribution in [0.4, 0.5) is 0 Å². The van der Waals surface area contributed by atoms with Crippen LogP contribution in [0, 0.1) is 0 Å². The lowest BCUT2D eigenvalue weighted by Crippen LogP contribution is -1.99. The molecule has 140 valence electrons. The van der Waals surface area contributed by atoms with Gasteiger partial charge in [-0.05, 0) is 35.9 Å². The molecule has 0 spiro atoms. The van der Waals surface area contributed by atoms with Crippen LogP contribution in [-0.2, 0) is 5.75 Å². The van der Waals surface area contributed by atoms with E-state index in [0.29, 0.717) is 15.1 Å². The van der Waals surface area contributed by atoms with Crippen LogP contribution in [0.25, 0.3) is 16.9 Å². The van der Waals surface area contributed by atoms with Gasteiger partial charge in [0.2, 0.25) is 0 Å². The van der Waals surface area contributed by atoms with Gasteiger partial charge in [0, 0.05) is 22.0 Å². The van der Waals surface area contributed by atoms with Crippen molar-refractivity contribution in [3.05, 3.63) is 99.6 Å². The van der Waals surface area contributed by atoms with E-state index in [4.69, 9.17) is 34.8 Å². The van der Waals surface area contributed by atoms with Gasteiger partial charge in [-0.1, -0.05) is 89.0 Å². The summed E-state index contributed by atoms with van der Waals surface area (Å²) < 4.78 is 2.10. The fourth-order valence-electron chi connectivity index (χ4n) is 2.88. The Bertz CT molecular complexity index is 1110. The molecule has 1 aromatic heterocycles. The average Bonchev–Trinajstić information content (AvgIpc) is 3.13. The standard InChI is InChI=1S/C22H15Cl3N2S/c23-17-7-4-8-18(12-17)27-21(16-9-10-19(24)20(25)11-16)13-26-22(27)28-14-15-5-2-1-3-6-15/h1-13H,14H2. The molecular weight excluding hydrogens is 431 g/mol. The second-order valence-electron chi connectivity index (χ2n) is 6.14. The first-order valence-electron chi connectivity index (χ1n) is 8.57. The zero-order valence-corrected chi connectivity index (χ0v) is 17.7. The monoisotopic (exact) mass is 444 g/mol. The Labute approximate surface area is 183 Å². The molecule has 0 amide bonds. The van der Waals surface area contributed by atoms with Gasteiger partial charge in [0.25, 0.3) is 0 Å². The first-order valence-corrected chi connectivity index (χ1v) is 10.7. The maximum atomic E-state index is 6.25. The van der Waals surface area contributed by atoms with Gasteiger partial charge >= 0.3 is 0 Å². The van der Waals surface area contributed by atoms with Gasteiger partial charge in [-0.2, -0.15) is 0 Å². The molecule has 0 unspecified atom stereocenters. The molecule has 28 heavy (non-hydrogen) atoms. The summed E-state index contributed by atoms with van der Waals surface area (Å²) in [5, 5.41) is 2.59. The summed E-state index contributed by atoms with van der Waals surface area (Å²) >= 11 is 20.3. The summed E-state index contributed by atoms with van der Waals surface area (Å²) in [6.07, 6.45) is 1.85. The molecule has 0 aliphatic rings. The van der Waals surface area contributed by atoms with Gasteiger partial charge in [-0.3, -0.25) is 4.57 Å². The fourth-order valence-corrected chi connectivity index (χ4v) is 4.31. The summed E-state index contributed by atoms with van der Waals surface area (Å²) in [6.45, 7) is 0. The second-order valence-corrected chi connectivity index (χ2v) is 8.34. The van der Waals surface area contributed by atoms with Gasteiger partial charge in [0.05, 0.1) is 21.9 Å². The predicted molar refractivity (Wildman–Crippen MR) is 120 cm³/mol. The average molecular weight is 446 g/mol. The van der Waals surface area contributed by atoms with Crippen molar-refractivity contribution in [3.63, 3.8) is 0 Å². The first kappa shape index (κ1) is 19.4. The van der Waals surface area contributed by atoms with Crippen LogP contribution in [-0.4, -0.2) is 9.55 Å². The Hall–Kier alpha value is -1.91. The molecule has 0 fully saturated rings. The summed E-state index contributed by atoms with van der Waals surface area (Å²) in [4.78, 5) is 4.67. The van der Waals surface area contributed by atoms with E-state index in [1.165, 1.54) is 5.56 Å². The Morgan fingerprint density at radius 2 is 1.64 bits per heavy atom. The molecular formula is C22H15Cl3N2S. The van der Waals surface area contributed by atoms with E-state index in [0.717, 1.165) is 27.9 Å². The number of hydrogen-bond acceptors (Lipinski definition) is 2. The van der Waals surface area contributed by atoms with E-state index in [2.05, 4.69) is 21.7 Å². The number of imidazole rings is 1. The molecule has 0 saturated carbocycles. The van der Waals surface area contributed by atoms with E-state index in [1.807, 2.05) is 60.8 Å². The maximum Gasteiger partial charge on any atom is 0.173 e. The van der Waals surface area contributed by atoms with Crippen LogP contribution >= 0.6 is 46.6 Å². The predicted octanol–water partition coefficient (Wildman–Crippen LogP) is 7.79. The highest BCUT2D eigenvalue weighted by Crippen LogP contribution is 2.34. The zero-order chi connectivity index (χ0) is 19.5. The quantitative estimate of drug-likeness (QED) is 0.292. The summed E-state index contributed by atoms with van der Waals surface area (Å²) in [5.74, 6) is 0.819. The molecule has 0 radical (unpaired) electrons. The number of aromatic nitrogens is 2. The smallest absolute Gasteiger partial charge is 0.173 e. The molecule has 3 aromatic carbocycles. The van der Waals surface area contributed by atoms with Crippen molar-refractivity contribution in [1.29, 1.82) is 0 Å². The van der Waals surface area contributed by atoms with Crippen molar-refractivity contribution in [1.82, 2.24) is 9.55 Å². The Kier molecular flexibility index (Phi) is 5.98. The number of halogens is 3. The highest BCUT2D eigenvalue weighted by Gasteiger charge is 2.15. The van der Waals surface area contributed by atoms with Crippen LogP contribution in [0.2, 0.25) is 15.1 Å². The van der Waals surface area contributed by atoms with E-state index in [-0.39, 0.29) is 0 Å². The highest BCUT2D eigenvalue weighted by atomic mass is 35.5. The SMILES string of the molecule is Clc1cccc(-n2c(-c3ccc(Cl)c(Cl)c3)cnc2SCc2ccccc2)c1. The minimum absolute atomic E-state index is 0.511. The Balaban J connectivity index is 1.78. The van der Waals surface area contributed by atoms with Crippen molar-refractivity contribution >= 4 is 46.6 Å². The third-order valence-electron chi connectivity index (χ3n) is 4.22. The lowest BCUT2D eigenvalue weighted by atomic mass is 10.1. The number of rotatable bonds is 5. The molecule has 0 atom stereocenters. The molecule has 6 heteroatoms. The lowest BCUT2D eigenvalue weighted by Gasteiger charge is -2.13. The van der Waals surface area contributed by atoms with Crippen molar-refractivity contribution in [2.24, 2.45) is 0 Å². The van der Waals surface area contributed by atoms with Crippen LogP contribution in [0.5, 0.6) is 0 Å². The third kappa shape index (κ3) is 4.23. The summed E-state index contributed by atoms with van der Waals surface area (Å²) in [6, 6.07) is 23.7. The molecule has 1 heterocycles. The van der Waals surface area contributed by atoms with E-state index in [1.54, 1.807) is 17.8 Å². The van der Waals surface area contributed by atoms with Gasteiger partial charge in [-0.15, -0.1) is 0 Å². The second kappa shape index (κ2) is 8.62. The molecule has 4 rings (SSSR count). The maximum absolute atomic E-state index is 6.25. The molecule has 0 N–H and O–H groups in total. The number of thioether (sulfide) groups is 1. The van der Waals surface area contributed by atoms with Crippen molar-refractivity contribution < 1.29 is 0 Å². The van der Waals surface area contributed by atoms with E-state index >= 15 is 0 Å². The van der Waals surface area contributed by atoms with E-state index < -0.39 is 0 Å². The van der Waals surface area contributed by atoms with Gasteiger partial charge in [0.1, 0.15) is 0 Å². The molecule has 0 saturated heterocycles. The number of nitrogens with zero attached hydrogens (tertiary/aromatic N) is 2. The van der Waals surface area contributed by atoms with Crippen molar-refractivity contribution in [3.8, 4) is 16.9 Å². The molecule has 0 bridgehead atoms. The Morgan fingerprint density at radius 3 is 2.39 bits per heavy atom. The van der Waals surface area contributed by atoms with Crippen LogP contribution in [0.1, 0.15) is 5.56 Å². The third-order valence-corrected chi connectivity index (χ3v) is 6.22. The molecule has 0 aliphatic carbocycles. The van der Waals surface area contributed by atoms with Gasteiger partial charge in [-0.25, -0.2) is 4.98 Å². The van der Waals surface area contributed by atoms with Crippen LogP contribution in [0.3, 0.4) is 0 Å². The van der Waals surface area contributed by atoms with Crippen LogP contribution in [0.15, 0.2) is 84.1 Å². The van der Waals surface area contributed by atoms with E-state index in [9.17, 15) is 0 Å². The minimum atomic E-state index is 0.511. The number of benzene rings is 3. The summed E-state index contributed by atoms with van der Waals surface area (Å²) in [7, 11) is 0. The fraction of sp³-hybridized carbons (Fsp3) is 0.0455.